The van der Waals surface area contributed by atoms with Crippen LogP contribution in [0, 0.1) is 5.92 Å². The van der Waals surface area contributed by atoms with E-state index in [9.17, 15) is 0 Å². The summed E-state index contributed by atoms with van der Waals surface area (Å²) < 4.78 is 5.30. The Morgan fingerprint density at radius 3 is 2.94 bits per heavy atom. The van der Waals surface area contributed by atoms with Gasteiger partial charge in [-0.05, 0) is 43.5 Å². The molecule has 1 aliphatic carbocycles. The van der Waals surface area contributed by atoms with Crippen molar-refractivity contribution in [1.29, 1.82) is 0 Å². The van der Waals surface area contributed by atoms with Gasteiger partial charge >= 0.3 is 0 Å². The lowest BCUT2D eigenvalue weighted by atomic mass is 10.1. The van der Waals surface area contributed by atoms with Crippen molar-refractivity contribution in [2.24, 2.45) is 16.8 Å². The summed E-state index contributed by atoms with van der Waals surface area (Å²) in [5, 5.41) is 15.1. The largest absolute Gasteiger partial charge is 0.496 e. The van der Waals surface area contributed by atoms with E-state index in [2.05, 4.69) is 10.5 Å². The molecule has 0 atom stereocenters. The van der Waals surface area contributed by atoms with Crippen LogP contribution in [0.4, 0.5) is 0 Å². The van der Waals surface area contributed by atoms with Crippen LogP contribution in [0.15, 0.2) is 23.4 Å². The van der Waals surface area contributed by atoms with Crippen LogP contribution in [0.2, 0.25) is 0 Å². The fourth-order valence-corrected chi connectivity index (χ4v) is 1.87. The summed E-state index contributed by atoms with van der Waals surface area (Å²) >= 11 is 0. The van der Waals surface area contributed by atoms with Crippen molar-refractivity contribution in [3.8, 4) is 5.75 Å². The average Bonchev–Trinajstić information content (AvgIpc) is 3.22. The van der Waals surface area contributed by atoms with E-state index in [4.69, 9.17) is 15.7 Å². The van der Waals surface area contributed by atoms with Gasteiger partial charge in [-0.2, -0.15) is 0 Å². The molecule has 0 radical (unpaired) electrons. The normalized spacial score (nSPS) is 15.7. The van der Waals surface area contributed by atoms with E-state index < -0.39 is 0 Å². The average molecular weight is 249 g/mol. The standard InChI is InChI=1S/C13H19N3O2/c1-18-12-5-4-10(13(14)16-17)6-11(12)8-15-7-9-2-3-9/h4-6,9,15,17H,2-3,7-8H2,1H3,(H2,14,16). The second-order valence-electron chi connectivity index (χ2n) is 4.59. The maximum Gasteiger partial charge on any atom is 0.170 e. The van der Waals surface area contributed by atoms with Crippen molar-refractivity contribution in [2.75, 3.05) is 13.7 Å². The van der Waals surface area contributed by atoms with Crippen molar-refractivity contribution in [3.63, 3.8) is 0 Å². The molecule has 1 aliphatic rings. The van der Waals surface area contributed by atoms with Crippen LogP contribution in [-0.2, 0) is 6.54 Å². The van der Waals surface area contributed by atoms with Crippen LogP contribution >= 0.6 is 0 Å². The van der Waals surface area contributed by atoms with E-state index >= 15 is 0 Å². The van der Waals surface area contributed by atoms with E-state index in [-0.39, 0.29) is 5.84 Å². The summed E-state index contributed by atoms with van der Waals surface area (Å²) in [6.07, 6.45) is 2.66. The first-order chi connectivity index (χ1) is 8.74. The fourth-order valence-electron chi connectivity index (χ4n) is 1.87. The van der Waals surface area contributed by atoms with Crippen molar-refractivity contribution in [3.05, 3.63) is 29.3 Å². The van der Waals surface area contributed by atoms with Gasteiger partial charge in [0.25, 0.3) is 0 Å². The van der Waals surface area contributed by atoms with Gasteiger partial charge in [0, 0.05) is 17.7 Å². The van der Waals surface area contributed by atoms with Crippen molar-refractivity contribution in [1.82, 2.24) is 5.32 Å². The lowest BCUT2D eigenvalue weighted by Gasteiger charge is -2.11. The summed E-state index contributed by atoms with van der Waals surface area (Å²) in [5.41, 5.74) is 7.29. The zero-order valence-corrected chi connectivity index (χ0v) is 10.5. The van der Waals surface area contributed by atoms with Gasteiger partial charge in [0.1, 0.15) is 5.75 Å². The molecule has 0 heterocycles. The third-order valence-electron chi connectivity index (χ3n) is 3.13. The molecule has 1 fully saturated rings. The molecule has 0 saturated heterocycles. The number of nitrogens with two attached hydrogens (primary N) is 1. The Kier molecular flexibility index (Phi) is 4.04. The van der Waals surface area contributed by atoms with E-state index in [1.165, 1.54) is 12.8 Å². The number of ether oxygens (including phenoxy) is 1. The van der Waals surface area contributed by atoms with Gasteiger partial charge in [-0.15, -0.1) is 0 Å². The van der Waals surface area contributed by atoms with Gasteiger partial charge in [0.05, 0.1) is 7.11 Å². The van der Waals surface area contributed by atoms with Crippen molar-refractivity contribution in [2.45, 2.75) is 19.4 Å². The Bertz CT molecular complexity index is 442. The number of methoxy groups -OCH3 is 1. The lowest BCUT2D eigenvalue weighted by Crippen LogP contribution is -2.18. The number of rotatable bonds is 6. The van der Waals surface area contributed by atoms with E-state index in [0.717, 1.165) is 30.3 Å². The highest BCUT2D eigenvalue weighted by Gasteiger charge is 2.20. The molecule has 0 spiro atoms. The minimum absolute atomic E-state index is 0.112. The first-order valence-corrected chi connectivity index (χ1v) is 6.10. The summed E-state index contributed by atoms with van der Waals surface area (Å²) in [6, 6.07) is 5.49. The van der Waals surface area contributed by atoms with Crippen molar-refractivity contribution >= 4 is 5.84 Å². The zero-order valence-electron chi connectivity index (χ0n) is 10.5. The SMILES string of the molecule is COc1ccc(/C(N)=N/O)cc1CNCC1CC1. The highest BCUT2D eigenvalue weighted by molar-refractivity contribution is 5.97. The lowest BCUT2D eigenvalue weighted by molar-refractivity contribution is 0.318. The van der Waals surface area contributed by atoms with Gasteiger partial charge in [-0.3, -0.25) is 0 Å². The Balaban J connectivity index is 2.07. The number of hydrogen-bond acceptors (Lipinski definition) is 4. The van der Waals surface area contributed by atoms with E-state index in [1.807, 2.05) is 12.1 Å². The predicted octanol–water partition coefficient (Wildman–Crippen LogP) is 1.29. The van der Waals surface area contributed by atoms with Crippen LogP contribution in [0.3, 0.4) is 0 Å². The number of oxime groups is 1. The van der Waals surface area contributed by atoms with Crippen LogP contribution in [0.1, 0.15) is 24.0 Å². The molecule has 2 rings (SSSR count). The van der Waals surface area contributed by atoms with Gasteiger partial charge in [0.2, 0.25) is 0 Å². The molecule has 1 aromatic carbocycles. The van der Waals surface area contributed by atoms with E-state index in [0.29, 0.717) is 5.56 Å². The van der Waals surface area contributed by atoms with Gasteiger partial charge in [0.15, 0.2) is 5.84 Å². The minimum Gasteiger partial charge on any atom is -0.496 e. The Morgan fingerprint density at radius 1 is 1.56 bits per heavy atom. The summed E-state index contributed by atoms with van der Waals surface area (Å²) in [5.74, 6) is 1.76. The molecule has 1 saturated carbocycles. The number of nitrogens with one attached hydrogen (secondary N) is 1. The maximum atomic E-state index is 8.68. The second kappa shape index (κ2) is 5.73. The van der Waals surface area contributed by atoms with Crippen LogP contribution < -0.4 is 15.8 Å². The molecule has 5 heteroatoms. The van der Waals surface area contributed by atoms with E-state index in [1.54, 1.807) is 13.2 Å². The van der Waals surface area contributed by atoms with Crippen LogP contribution in [-0.4, -0.2) is 24.7 Å². The topological polar surface area (TPSA) is 79.9 Å². The highest BCUT2D eigenvalue weighted by Crippen LogP contribution is 2.28. The summed E-state index contributed by atoms with van der Waals surface area (Å²) in [6.45, 7) is 1.77. The van der Waals surface area contributed by atoms with Crippen molar-refractivity contribution < 1.29 is 9.94 Å². The second-order valence-corrected chi connectivity index (χ2v) is 4.59. The molecule has 18 heavy (non-hydrogen) atoms. The Hall–Kier alpha value is -1.75. The molecule has 0 amide bonds. The maximum absolute atomic E-state index is 8.68. The zero-order chi connectivity index (χ0) is 13.0. The molecular weight excluding hydrogens is 230 g/mol. The molecule has 0 unspecified atom stereocenters. The Morgan fingerprint density at radius 2 is 2.33 bits per heavy atom. The molecule has 98 valence electrons. The summed E-state index contributed by atoms with van der Waals surface area (Å²) in [7, 11) is 1.64. The molecule has 5 nitrogen and oxygen atoms in total. The molecule has 1 aromatic rings. The number of nitrogens with zero attached hydrogens (tertiary/aromatic N) is 1. The Labute approximate surface area is 107 Å². The third kappa shape index (κ3) is 3.13. The summed E-state index contributed by atoms with van der Waals surface area (Å²) in [4.78, 5) is 0. The van der Waals surface area contributed by atoms with Crippen LogP contribution in [0.5, 0.6) is 5.75 Å². The van der Waals surface area contributed by atoms with Crippen LogP contribution in [0.25, 0.3) is 0 Å². The van der Waals surface area contributed by atoms with Gasteiger partial charge < -0.3 is 21.0 Å². The fraction of sp³-hybridized carbons (Fsp3) is 0.462. The third-order valence-corrected chi connectivity index (χ3v) is 3.13. The molecule has 0 aromatic heterocycles. The molecule has 0 bridgehead atoms. The molecule has 0 aliphatic heterocycles. The number of amidine groups is 1. The quantitative estimate of drug-likeness (QED) is 0.307. The van der Waals surface area contributed by atoms with Gasteiger partial charge in [-0.1, -0.05) is 5.16 Å². The number of hydrogen-bond donors (Lipinski definition) is 3. The first kappa shape index (κ1) is 12.7. The molecule has 4 N–H and O–H groups in total. The number of benzene rings is 1. The smallest absolute Gasteiger partial charge is 0.170 e. The first-order valence-electron chi connectivity index (χ1n) is 6.10. The van der Waals surface area contributed by atoms with Gasteiger partial charge in [-0.25, -0.2) is 0 Å². The monoisotopic (exact) mass is 249 g/mol. The minimum atomic E-state index is 0.112. The highest BCUT2D eigenvalue weighted by atomic mass is 16.5. The molecular formula is C13H19N3O2. The predicted molar refractivity (Wildman–Crippen MR) is 69.9 cm³/mol.